The number of nitrogens with zero attached hydrogens (tertiary/aromatic N) is 2. The third kappa shape index (κ3) is 6.11. The van der Waals surface area contributed by atoms with Gasteiger partial charge >= 0.3 is 11.9 Å². The maximum atomic E-state index is 13.9. The Kier molecular flexibility index (Phi) is 8.94. The van der Waals surface area contributed by atoms with E-state index in [-0.39, 0.29) is 36.2 Å². The van der Waals surface area contributed by atoms with Crippen LogP contribution in [-0.4, -0.2) is 36.3 Å². The molecule has 0 aliphatic carbocycles. The monoisotopic (exact) mass is 588 g/mol. The Morgan fingerprint density at radius 2 is 1.77 bits per heavy atom. The number of rotatable bonds is 8. The van der Waals surface area contributed by atoms with Crippen LogP contribution in [0.4, 0.5) is 0 Å². The van der Waals surface area contributed by atoms with E-state index >= 15 is 0 Å². The molecule has 8 nitrogen and oxygen atoms in total. The first-order valence-corrected chi connectivity index (χ1v) is 13.8. The molecule has 0 fully saturated rings. The fourth-order valence-electron chi connectivity index (χ4n) is 4.17. The lowest BCUT2D eigenvalue weighted by Crippen LogP contribution is -2.39. The number of hydrogen-bond donors (Lipinski definition) is 0. The molecule has 39 heavy (non-hydrogen) atoms. The van der Waals surface area contributed by atoms with Crippen molar-refractivity contribution in [3.05, 3.63) is 94.1 Å². The second-order valence-electron chi connectivity index (χ2n) is 8.61. The van der Waals surface area contributed by atoms with Crippen molar-refractivity contribution in [2.24, 2.45) is 4.99 Å². The maximum Gasteiger partial charge on any atom is 0.344 e. The van der Waals surface area contributed by atoms with Gasteiger partial charge in [0.2, 0.25) is 0 Å². The van der Waals surface area contributed by atoms with Gasteiger partial charge in [0.05, 0.1) is 40.1 Å². The molecule has 4 rings (SSSR count). The first-order valence-electron chi connectivity index (χ1n) is 12.2. The molecule has 1 aromatic heterocycles. The van der Waals surface area contributed by atoms with Crippen LogP contribution in [0.15, 0.2) is 57.5 Å². The SMILES string of the molecule is CCOC(=O)COc1c(Cl)cc(Cl)cc1/C=c1\sc2n(c1=O)[C@H](c1ccc(C)cc1)C(C(=O)OCC)=C(C)N=2. The summed E-state index contributed by atoms with van der Waals surface area (Å²) in [6.07, 6.45) is 1.58. The minimum Gasteiger partial charge on any atom is -0.480 e. The van der Waals surface area contributed by atoms with E-state index < -0.39 is 18.0 Å². The molecule has 0 N–H and O–H groups in total. The number of benzene rings is 2. The fraction of sp³-hybridized carbons (Fsp3) is 0.286. The first kappa shape index (κ1) is 28.6. The number of carbonyl (C=O) groups is 2. The van der Waals surface area contributed by atoms with Gasteiger partial charge in [-0.2, -0.15) is 0 Å². The van der Waals surface area contributed by atoms with Gasteiger partial charge in [0.15, 0.2) is 11.4 Å². The Morgan fingerprint density at radius 1 is 1.08 bits per heavy atom. The van der Waals surface area contributed by atoms with Gasteiger partial charge < -0.3 is 14.2 Å². The normalized spacial score (nSPS) is 15.0. The molecule has 11 heteroatoms. The fourth-order valence-corrected chi connectivity index (χ4v) is 5.77. The molecule has 0 radical (unpaired) electrons. The van der Waals surface area contributed by atoms with Crippen molar-refractivity contribution in [2.75, 3.05) is 19.8 Å². The smallest absolute Gasteiger partial charge is 0.344 e. The lowest BCUT2D eigenvalue weighted by Gasteiger charge is -2.24. The van der Waals surface area contributed by atoms with Gasteiger partial charge in [-0.25, -0.2) is 14.6 Å². The van der Waals surface area contributed by atoms with E-state index in [2.05, 4.69) is 4.99 Å². The maximum absolute atomic E-state index is 13.9. The van der Waals surface area contributed by atoms with Crippen LogP contribution in [0, 0.1) is 6.92 Å². The first-order chi connectivity index (χ1) is 18.6. The van der Waals surface area contributed by atoms with Gasteiger partial charge in [-0.3, -0.25) is 9.36 Å². The van der Waals surface area contributed by atoms with Gasteiger partial charge in [0.1, 0.15) is 5.75 Å². The van der Waals surface area contributed by atoms with Crippen LogP contribution in [0.1, 0.15) is 43.5 Å². The van der Waals surface area contributed by atoms with E-state index in [0.717, 1.165) is 22.5 Å². The molecule has 0 saturated carbocycles. The molecule has 3 aromatic rings. The zero-order chi connectivity index (χ0) is 28.3. The quantitative estimate of drug-likeness (QED) is 0.363. The van der Waals surface area contributed by atoms with Gasteiger partial charge in [-0.15, -0.1) is 0 Å². The van der Waals surface area contributed by atoms with Crippen molar-refractivity contribution >= 4 is 52.6 Å². The average Bonchev–Trinajstić information content (AvgIpc) is 3.17. The average molecular weight is 589 g/mol. The number of allylic oxidation sites excluding steroid dienone is 1. The largest absolute Gasteiger partial charge is 0.480 e. The van der Waals surface area contributed by atoms with Crippen LogP contribution in [-0.2, 0) is 19.1 Å². The van der Waals surface area contributed by atoms with Crippen LogP contribution >= 0.6 is 34.5 Å². The summed E-state index contributed by atoms with van der Waals surface area (Å²) in [5.41, 5.74) is 2.58. The molecule has 0 amide bonds. The predicted octanol–water partition coefficient (Wildman–Crippen LogP) is 4.36. The summed E-state index contributed by atoms with van der Waals surface area (Å²) in [5, 5.41) is 0.490. The van der Waals surface area contributed by atoms with Crippen LogP contribution in [0.5, 0.6) is 5.75 Å². The lowest BCUT2D eigenvalue weighted by molar-refractivity contribution is -0.145. The van der Waals surface area contributed by atoms with E-state index in [1.807, 2.05) is 31.2 Å². The highest BCUT2D eigenvalue weighted by Crippen LogP contribution is 2.34. The Morgan fingerprint density at radius 3 is 2.44 bits per heavy atom. The summed E-state index contributed by atoms with van der Waals surface area (Å²) >= 11 is 13.8. The number of ether oxygens (including phenoxy) is 3. The third-order valence-corrected chi connectivity index (χ3v) is 7.36. The molecule has 1 aliphatic rings. The van der Waals surface area contributed by atoms with Crippen molar-refractivity contribution in [1.82, 2.24) is 4.57 Å². The standard InChI is InChI=1S/C28H26Cl2N2O6S/c1-5-36-22(33)14-38-25-18(11-19(29)13-20(25)30)12-21-26(34)32-24(17-9-7-15(3)8-10-17)23(27(35)37-6-2)16(4)31-28(32)39-21/h7-13,24H,5-6,14H2,1-4H3/b21-12-/t24-/m1/s1. The summed E-state index contributed by atoms with van der Waals surface area (Å²) < 4.78 is 17.7. The highest BCUT2D eigenvalue weighted by molar-refractivity contribution is 7.07. The minimum absolute atomic E-state index is 0.170. The molecule has 1 atom stereocenters. The van der Waals surface area contributed by atoms with Gasteiger partial charge in [0, 0.05) is 10.6 Å². The second-order valence-corrected chi connectivity index (χ2v) is 10.5. The summed E-state index contributed by atoms with van der Waals surface area (Å²) in [4.78, 5) is 43.8. The van der Waals surface area contributed by atoms with Crippen molar-refractivity contribution in [1.29, 1.82) is 0 Å². The molecular formula is C28H26Cl2N2O6S. The van der Waals surface area contributed by atoms with E-state index in [0.29, 0.717) is 31.2 Å². The predicted molar refractivity (Wildman–Crippen MR) is 150 cm³/mol. The van der Waals surface area contributed by atoms with E-state index in [4.69, 9.17) is 37.4 Å². The number of aromatic nitrogens is 1. The second kappa shape index (κ2) is 12.2. The summed E-state index contributed by atoms with van der Waals surface area (Å²) in [7, 11) is 0. The molecule has 2 aromatic carbocycles. The number of halogens is 2. The summed E-state index contributed by atoms with van der Waals surface area (Å²) in [6.45, 7) is 7.12. The number of hydrogen-bond acceptors (Lipinski definition) is 8. The summed E-state index contributed by atoms with van der Waals surface area (Å²) in [6, 6.07) is 9.94. The highest BCUT2D eigenvalue weighted by atomic mass is 35.5. The van der Waals surface area contributed by atoms with Crippen molar-refractivity contribution in [3.8, 4) is 5.75 Å². The van der Waals surface area contributed by atoms with Crippen molar-refractivity contribution in [2.45, 2.75) is 33.7 Å². The summed E-state index contributed by atoms with van der Waals surface area (Å²) in [5.74, 6) is -0.915. The molecular weight excluding hydrogens is 563 g/mol. The number of esters is 2. The molecule has 0 spiro atoms. The minimum atomic E-state index is -0.731. The number of thiazole rings is 1. The van der Waals surface area contributed by atoms with Crippen LogP contribution in [0.25, 0.3) is 6.08 Å². The molecule has 0 bridgehead atoms. The van der Waals surface area contributed by atoms with Gasteiger partial charge in [0.25, 0.3) is 5.56 Å². The van der Waals surface area contributed by atoms with E-state index in [9.17, 15) is 14.4 Å². The van der Waals surface area contributed by atoms with E-state index in [1.54, 1.807) is 32.9 Å². The van der Waals surface area contributed by atoms with Crippen molar-refractivity contribution < 1.29 is 23.8 Å². The number of carbonyl (C=O) groups excluding carboxylic acids is 2. The lowest BCUT2D eigenvalue weighted by atomic mass is 9.95. The number of fused-ring (bicyclic) bond motifs is 1. The highest BCUT2D eigenvalue weighted by Gasteiger charge is 2.33. The number of aryl methyl sites for hydroxylation is 1. The van der Waals surface area contributed by atoms with E-state index in [1.165, 1.54) is 10.6 Å². The van der Waals surface area contributed by atoms with Gasteiger partial charge in [-0.05, 0) is 51.5 Å². The molecule has 2 heterocycles. The third-order valence-electron chi connectivity index (χ3n) is 5.87. The molecule has 0 saturated heterocycles. The molecule has 1 aliphatic heterocycles. The Labute approximate surface area is 238 Å². The molecule has 0 unspecified atom stereocenters. The topological polar surface area (TPSA) is 96.2 Å². The molecule has 204 valence electrons. The van der Waals surface area contributed by atoms with Crippen LogP contribution in [0.2, 0.25) is 10.0 Å². The van der Waals surface area contributed by atoms with Crippen molar-refractivity contribution in [3.63, 3.8) is 0 Å². The van der Waals surface area contributed by atoms with Crippen LogP contribution in [0.3, 0.4) is 0 Å². The zero-order valence-corrected chi connectivity index (χ0v) is 24.1. The van der Waals surface area contributed by atoms with Gasteiger partial charge in [-0.1, -0.05) is 64.4 Å². The Balaban J connectivity index is 1.89. The zero-order valence-electron chi connectivity index (χ0n) is 21.7. The van der Waals surface area contributed by atoms with Crippen LogP contribution < -0.4 is 19.6 Å². The Bertz CT molecular complexity index is 1640. The Hall–Kier alpha value is -3.40.